The van der Waals surface area contributed by atoms with Crippen molar-refractivity contribution in [1.29, 1.82) is 0 Å². The number of aromatic nitrogens is 2. The predicted molar refractivity (Wildman–Crippen MR) is 112 cm³/mol. The highest BCUT2D eigenvalue weighted by molar-refractivity contribution is 5.65. The van der Waals surface area contributed by atoms with Crippen molar-refractivity contribution in [2.75, 3.05) is 17.2 Å². The van der Waals surface area contributed by atoms with Crippen molar-refractivity contribution in [1.82, 2.24) is 9.97 Å². The number of alkyl halides is 3. The van der Waals surface area contributed by atoms with Gasteiger partial charge >= 0.3 is 6.18 Å². The second-order valence-electron chi connectivity index (χ2n) is 6.59. The zero-order chi connectivity index (χ0) is 21.6. The average Bonchev–Trinajstić information content (AvgIpc) is 2.73. The Bertz CT molecular complexity index is 975. The number of anilines is 4. The summed E-state index contributed by atoms with van der Waals surface area (Å²) in [5.41, 5.74) is 1.18. The van der Waals surface area contributed by atoms with Gasteiger partial charge in [-0.1, -0.05) is 32.0 Å². The number of aryl methyl sites for hydroxylation is 1. The summed E-state index contributed by atoms with van der Waals surface area (Å²) in [5.74, 6) is 0.472. The second-order valence-corrected chi connectivity index (χ2v) is 6.59. The smallest absolute Gasteiger partial charge is 0.421 e. The molecule has 5 nitrogen and oxygen atoms in total. The minimum absolute atomic E-state index is 0.0571. The molecule has 0 saturated heterocycles. The van der Waals surface area contributed by atoms with Crippen molar-refractivity contribution in [3.63, 3.8) is 0 Å². The Hall–Kier alpha value is -3.29. The molecule has 30 heavy (non-hydrogen) atoms. The highest BCUT2D eigenvalue weighted by Crippen LogP contribution is 2.36. The van der Waals surface area contributed by atoms with E-state index in [9.17, 15) is 13.2 Å². The quantitative estimate of drug-likeness (QED) is 0.449. The van der Waals surface area contributed by atoms with E-state index >= 15 is 0 Å². The van der Waals surface area contributed by atoms with Crippen LogP contribution in [0.2, 0.25) is 0 Å². The first-order valence-electron chi connectivity index (χ1n) is 9.69. The lowest BCUT2D eigenvalue weighted by molar-refractivity contribution is -0.137. The summed E-state index contributed by atoms with van der Waals surface area (Å²) in [6, 6.07) is 14.3. The van der Waals surface area contributed by atoms with Crippen LogP contribution in [0.15, 0.2) is 54.7 Å². The van der Waals surface area contributed by atoms with Crippen molar-refractivity contribution >= 4 is 23.1 Å². The summed E-state index contributed by atoms with van der Waals surface area (Å²) in [7, 11) is 0. The van der Waals surface area contributed by atoms with E-state index in [1.54, 1.807) is 36.4 Å². The number of hydrogen-bond donors (Lipinski definition) is 2. The van der Waals surface area contributed by atoms with Crippen LogP contribution in [0.4, 0.5) is 36.3 Å². The maximum absolute atomic E-state index is 13.5. The lowest BCUT2D eigenvalue weighted by Gasteiger charge is -2.16. The normalized spacial score (nSPS) is 11.2. The number of benzene rings is 2. The van der Waals surface area contributed by atoms with E-state index < -0.39 is 11.7 Å². The predicted octanol–water partition coefficient (Wildman–Crippen LogP) is 6.33. The SMILES string of the molecule is CCCOc1ccc(Nc2ncc(C(F)(F)F)c(Nc3ccccc3CC)n2)cc1. The topological polar surface area (TPSA) is 59.1 Å². The molecule has 2 aromatic carbocycles. The van der Waals surface area contributed by atoms with Crippen molar-refractivity contribution in [2.45, 2.75) is 32.9 Å². The van der Waals surface area contributed by atoms with Gasteiger partial charge in [0.2, 0.25) is 5.95 Å². The van der Waals surface area contributed by atoms with Gasteiger partial charge < -0.3 is 15.4 Å². The standard InChI is InChI=1S/C22H23F3N4O/c1-3-13-30-17-11-9-16(10-12-17)27-21-26-14-18(22(23,24)25)20(29-21)28-19-8-6-5-7-15(19)4-2/h5-12,14H,3-4,13H2,1-2H3,(H2,26,27,28,29). The molecule has 0 radical (unpaired) electrons. The van der Waals surface area contributed by atoms with Gasteiger partial charge in [0.25, 0.3) is 0 Å². The molecule has 2 N–H and O–H groups in total. The van der Waals surface area contributed by atoms with Gasteiger partial charge in [0.1, 0.15) is 17.1 Å². The Labute approximate surface area is 173 Å². The van der Waals surface area contributed by atoms with Crippen LogP contribution in [0.25, 0.3) is 0 Å². The Kier molecular flexibility index (Phi) is 6.76. The number of rotatable bonds is 8. The number of hydrogen-bond acceptors (Lipinski definition) is 5. The molecular formula is C22H23F3N4O. The fourth-order valence-corrected chi connectivity index (χ4v) is 2.81. The first kappa shape index (κ1) is 21.4. The molecule has 0 bridgehead atoms. The maximum atomic E-state index is 13.5. The van der Waals surface area contributed by atoms with E-state index in [1.807, 2.05) is 26.0 Å². The molecule has 8 heteroatoms. The molecule has 0 amide bonds. The molecule has 3 aromatic rings. The lowest BCUT2D eigenvalue weighted by Crippen LogP contribution is -2.13. The zero-order valence-electron chi connectivity index (χ0n) is 16.8. The summed E-state index contributed by atoms with van der Waals surface area (Å²) in [6.45, 7) is 4.57. The van der Waals surface area contributed by atoms with E-state index in [-0.39, 0.29) is 11.8 Å². The minimum Gasteiger partial charge on any atom is -0.494 e. The van der Waals surface area contributed by atoms with Crippen LogP contribution < -0.4 is 15.4 Å². The second kappa shape index (κ2) is 9.47. The van der Waals surface area contributed by atoms with Gasteiger partial charge in [0, 0.05) is 17.6 Å². The number of nitrogens with zero attached hydrogens (tertiary/aromatic N) is 2. The summed E-state index contributed by atoms with van der Waals surface area (Å²) in [6.07, 6.45) is -2.23. The van der Waals surface area contributed by atoms with Crippen LogP contribution in [0.1, 0.15) is 31.4 Å². The van der Waals surface area contributed by atoms with Crippen molar-refractivity contribution in [2.24, 2.45) is 0 Å². The third kappa shape index (κ3) is 5.40. The van der Waals surface area contributed by atoms with Crippen LogP contribution in [0.3, 0.4) is 0 Å². The summed E-state index contributed by atoms with van der Waals surface area (Å²) >= 11 is 0. The average molecular weight is 416 g/mol. The van der Waals surface area contributed by atoms with Crippen LogP contribution in [-0.4, -0.2) is 16.6 Å². The van der Waals surface area contributed by atoms with Gasteiger partial charge in [0.15, 0.2) is 0 Å². The van der Waals surface area contributed by atoms with E-state index in [4.69, 9.17) is 4.74 Å². The molecule has 1 aromatic heterocycles. The molecule has 158 valence electrons. The molecule has 0 fully saturated rings. The molecule has 1 heterocycles. The summed E-state index contributed by atoms with van der Waals surface area (Å²) in [5, 5.41) is 5.76. The molecular weight excluding hydrogens is 393 g/mol. The van der Waals surface area contributed by atoms with Crippen molar-refractivity contribution < 1.29 is 17.9 Å². The minimum atomic E-state index is -4.58. The van der Waals surface area contributed by atoms with Crippen molar-refractivity contribution in [3.8, 4) is 5.75 Å². The highest BCUT2D eigenvalue weighted by atomic mass is 19.4. The molecule has 0 aliphatic rings. The Morgan fingerprint density at radius 3 is 2.37 bits per heavy atom. The molecule has 0 spiro atoms. The Morgan fingerprint density at radius 2 is 1.70 bits per heavy atom. The van der Waals surface area contributed by atoms with Gasteiger partial charge in [-0.05, 0) is 48.7 Å². The third-order valence-corrected chi connectivity index (χ3v) is 4.33. The lowest BCUT2D eigenvalue weighted by atomic mass is 10.1. The first-order valence-corrected chi connectivity index (χ1v) is 9.69. The number of ether oxygens (including phenoxy) is 1. The first-order chi connectivity index (χ1) is 14.4. The zero-order valence-corrected chi connectivity index (χ0v) is 16.8. The number of halogens is 3. The third-order valence-electron chi connectivity index (χ3n) is 4.33. The molecule has 0 unspecified atom stereocenters. The summed E-state index contributed by atoms with van der Waals surface area (Å²) in [4.78, 5) is 7.94. The van der Waals surface area contributed by atoms with Gasteiger partial charge in [-0.15, -0.1) is 0 Å². The highest BCUT2D eigenvalue weighted by Gasteiger charge is 2.35. The number of nitrogens with one attached hydrogen (secondary N) is 2. The monoisotopic (exact) mass is 416 g/mol. The Balaban J connectivity index is 1.87. The Morgan fingerprint density at radius 1 is 0.967 bits per heavy atom. The fourth-order valence-electron chi connectivity index (χ4n) is 2.81. The number of para-hydroxylation sites is 1. The molecule has 0 aliphatic heterocycles. The van der Waals surface area contributed by atoms with Gasteiger partial charge in [-0.2, -0.15) is 18.2 Å². The molecule has 3 rings (SSSR count). The van der Waals surface area contributed by atoms with E-state index in [0.29, 0.717) is 30.2 Å². The van der Waals surface area contributed by atoms with E-state index in [1.165, 1.54) is 0 Å². The van der Waals surface area contributed by atoms with Gasteiger partial charge in [0.05, 0.1) is 6.61 Å². The van der Waals surface area contributed by atoms with Crippen LogP contribution in [0, 0.1) is 0 Å². The van der Waals surface area contributed by atoms with Crippen LogP contribution in [-0.2, 0) is 12.6 Å². The largest absolute Gasteiger partial charge is 0.494 e. The maximum Gasteiger partial charge on any atom is 0.421 e. The van der Waals surface area contributed by atoms with Crippen molar-refractivity contribution in [3.05, 3.63) is 65.9 Å². The van der Waals surface area contributed by atoms with Crippen LogP contribution in [0.5, 0.6) is 5.75 Å². The summed E-state index contributed by atoms with van der Waals surface area (Å²) < 4.78 is 46.0. The van der Waals surface area contributed by atoms with Gasteiger partial charge in [-0.25, -0.2) is 4.98 Å². The molecule has 0 saturated carbocycles. The van der Waals surface area contributed by atoms with E-state index in [2.05, 4.69) is 20.6 Å². The molecule has 0 atom stereocenters. The van der Waals surface area contributed by atoms with Gasteiger partial charge in [-0.3, -0.25) is 0 Å². The molecule has 0 aliphatic carbocycles. The fraction of sp³-hybridized carbons (Fsp3) is 0.273. The van der Waals surface area contributed by atoms with Crippen LogP contribution >= 0.6 is 0 Å². The van der Waals surface area contributed by atoms with E-state index in [0.717, 1.165) is 18.2 Å².